The van der Waals surface area contributed by atoms with Gasteiger partial charge in [-0.1, -0.05) is 0 Å². The molecule has 0 unspecified atom stereocenters. The predicted octanol–water partition coefficient (Wildman–Crippen LogP) is 1.78. The highest BCUT2D eigenvalue weighted by atomic mass is 19.4. The third-order valence-corrected chi connectivity index (χ3v) is 1.80. The Labute approximate surface area is 89.3 Å². The largest absolute Gasteiger partial charge is 0.478 e. The van der Waals surface area contributed by atoms with E-state index in [9.17, 15) is 18.0 Å². The number of alkyl halides is 3. The number of halogens is 3. The van der Waals surface area contributed by atoms with Gasteiger partial charge in [-0.15, -0.1) is 0 Å². The van der Waals surface area contributed by atoms with E-state index in [0.717, 1.165) is 11.1 Å². The number of nitrogens with zero attached hydrogens (tertiary/aromatic N) is 2. The molecule has 0 aliphatic heterocycles. The van der Waals surface area contributed by atoms with Crippen molar-refractivity contribution in [3.05, 3.63) is 23.9 Å². The summed E-state index contributed by atoms with van der Waals surface area (Å²) in [5.74, 6) is -1.10. The number of carboxylic acids is 1. The van der Waals surface area contributed by atoms with Crippen molar-refractivity contribution in [2.75, 3.05) is 18.5 Å². The molecule has 0 atom stereocenters. The summed E-state index contributed by atoms with van der Waals surface area (Å²) < 4.78 is 36.1. The molecule has 88 valence electrons. The molecule has 1 aromatic rings. The SMILES string of the molecule is CN(CC(F)(F)F)c1ccc(C(=O)O)cn1. The summed E-state index contributed by atoms with van der Waals surface area (Å²) in [5.41, 5.74) is -0.0656. The Morgan fingerprint density at radius 3 is 2.50 bits per heavy atom. The van der Waals surface area contributed by atoms with Gasteiger partial charge in [-0.25, -0.2) is 9.78 Å². The van der Waals surface area contributed by atoms with E-state index in [1.54, 1.807) is 0 Å². The van der Waals surface area contributed by atoms with E-state index < -0.39 is 18.7 Å². The summed E-state index contributed by atoms with van der Waals surface area (Å²) in [7, 11) is 1.23. The lowest BCUT2D eigenvalue weighted by molar-refractivity contribution is -0.119. The van der Waals surface area contributed by atoms with Crippen molar-refractivity contribution in [3.8, 4) is 0 Å². The fourth-order valence-corrected chi connectivity index (χ4v) is 1.09. The normalized spacial score (nSPS) is 11.2. The maximum Gasteiger partial charge on any atom is 0.405 e. The summed E-state index contributed by atoms with van der Waals surface area (Å²) in [6.45, 7) is -1.13. The van der Waals surface area contributed by atoms with Gasteiger partial charge in [0.25, 0.3) is 0 Å². The molecule has 0 radical (unpaired) electrons. The van der Waals surface area contributed by atoms with Crippen LogP contribution in [0.2, 0.25) is 0 Å². The first-order valence-electron chi connectivity index (χ1n) is 4.27. The van der Waals surface area contributed by atoms with Gasteiger partial charge in [0.15, 0.2) is 0 Å². The highest BCUT2D eigenvalue weighted by molar-refractivity contribution is 5.87. The van der Waals surface area contributed by atoms with Crippen LogP contribution in [0.3, 0.4) is 0 Å². The minimum absolute atomic E-state index is 0.0656. The first-order chi connectivity index (χ1) is 7.29. The monoisotopic (exact) mass is 234 g/mol. The van der Waals surface area contributed by atoms with Crippen LogP contribution in [0.1, 0.15) is 10.4 Å². The molecule has 0 bridgehead atoms. The van der Waals surface area contributed by atoms with Gasteiger partial charge in [-0.3, -0.25) is 0 Å². The van der Waals surface area contributed by atoms with Crippen molar-refractivity contribution >= 4 is 11.8 Å². The van der Waals surface area contributed by atoms with E-state index in [4.69, 9.17) is 5.11 Å². The molecule has 7 heteroatoms. The predicted molar refractivity (Wildman–Crippen MR) is 50.5 cm³/mol. The molecular weight excluding hydrogens is 225 g/mol. The number of aromatic nitrogens is 1. The van der Waals surface area contributed by atoms with Crippen molar-refractivity contribution in [2.45, 2.75) is 6.18 Å². The van der Waals surface area contributed by atoms with Crippen molar-refractivity contribution in [1.82, 2.24) is 4.98 Å². The zero-order valence-electron chi connectivity index (χ0n) is 8.32. The Balaban J connectivity index is 2.78. The molecule has 4 nitrogen and oxygen atoms in total. The molecule has 0 saturated heterocycles. The molecule has 0 amide bonds. The van der Waals surface area contributed by atoms with Gasteiger partial charge in [0.1, 0.15) is 12.4 Å². The number of carboxylic acid groups (broad SMARTS) is 1. The van der Waals surface area contributed by atoms with E-state index in [-0.39, 0.29) is 11.4 Å². The lowest BCUT2D eigenvalue weighted by atomic mass is 10.3. The van der Waals surface area contributed by atoms with E-state index in [1.807, 2.05) is 0 Å². The first-order valence-corrected chi connectivity index (χ1v) is 4.27. The molecule has 1 heterocycles. The number of hydrogen-bond acceptors (Lipinski definition) is 3. The summed E-state index contributed by atoms with van der Waals surface area (Å²) in [4.78, 5) is 15.0. The molecule has 0 aromatic carbocycles. The lowest BCUT2D eigenvalue weighted by Gasteiger charge is -2.19. The van der Waals surface area contributed by atoms with Gasteiger partial charge >= 0.3 is 12.1 Å². The molecular formula is C9H9F3N2O2. The maximum absolute atomic E-state index is 12.0. The molecule has 0 saturated carbocycles. The number of carbonyl (C=O) groups is 1. The summed E-state index contributed by atoms with van der Waals surface area (Å²) in [5, 5.41) is 8.57. The second-order valence-electron chi connectivity index (χ2n) is 3.18. The Hall–Kier alpha value is -1.79. The Bertz CT molecular complexity index is 375. The zero-order chi connectivity index (χ0) is 12.3. The second-order valence-corrected chi connectivity index (χ2v) is 3.18. The number of anilines is 1. The number of hydrogen-bond donors (Lipinski definition) is 1. The van der Waals surface area contributed by atoms with Crippen molar-refractivity contribution in [1.29, 1.82) is 0 Å². The Morgan fingerprint density at radius 1 is 1.50 bits per heavy atom. The van der Waals surface area contributed by atoms with Gasteiger partial charge in [0.05, 0.1) is 5.56 Å². The Kier molecular flexibility index (Phi) is 3.36. The van der Waals surface area contributed by atoms with Crippen LogP contribution in [0.25, 0.3) is 0 Å². The highest BCUT2D eigenvalue weighted by Gasteiger charge is 2.29. The number of aromatic carboxylic acids is 1. The van der Waals surface area contributed by atoms with Gasteiger partial charge in [0.2, 0.25) is 0 Å². The molecule has 1 aromatic heterocycles. The van der Waals surface area contributed by atoms with Crippen LogP contribution >= 0.6 is 0 Å². The molecule has 0 aliphatic carbocycles. The van der Waals surface area contributed by atoms with E-state index >= 15 is 0 Å². The highest BCUT2D eigenvalue weighted by Crippen LogP contribution is 2.19. The zero-order valence-corrected chi connectivity index (χ0v) is 8.32. The van der Waals surface area contributed by atoms with Crippen LogP contribution in [0.15, 0.2) is 18.3 Å². The fourth-order valence-electron chi connectivity index (χ4n) is 1.09. The molecule has 1 rings (SSSR count). The van der Waals surface area contributed by atoms with Gasteiger partial charge in [-0.2, -0.15) is 13.2 Å². The van der Waals surface area contributed by atoms with Crippen LogP contribution in [-0.2, 0) is 0 Å². The summed E-state index contributed by atoms with van der Waals surface area (Å²) in [6, 6.07) is 2.44. The summed E-state index contributed by atoms with van der Waals surface area (Å²) >= 11 is 0. The minimum atomic E-state index is -4.32. The van der Waals surface area contributed by atoms with Crippen LogP contribution in [-0.4, -0.2) is 35.8 Å². The molecule has 16 heavy (non-hydrogen) atoms. The Morgan fingerprint density at radius 2 is 2.12 bits per heavy atom. The minimum Gasteiger partial charge on any atom is -0.478 e. The van der Waals surface area contributed by atoms with Gasteiger partial charge in [-0.05, 0) is 12.1 Å². The topological polar surface area (TPSA) is 53.4 Å². The second kappa shape index (κ2) is 4.38. The smallest absolute Gasteiger partial charge is 0.405 e. The average molecular weight is 234 g/mol. The van der Waals surface area contributed by atoms with Crippen molar-refractivity contribution in [3.63, 3.8) is 0 Å². The maximum atomic E-state index is 12.0. The number of rotatable bonds is 3. The van der Waals surface area contributed by atoms with Crippen LogP contribution < -0.4 is 4.90 Å². The molecule has 0 spiro atoms. The van der Waals surface area contributed by atoms with Crippen LogP contribution in [0.4, 0.5) is 19.0 Å². The fraction of sp³-hybridized carbons (Fsp3) is 0.333. The summed E-state index contributed by atoms with van der Waals surface area (Å²) in [6.07, 6.45) is -3.30. The third kappa shape index (κ3) is 3.41. The third-order valence-electron chi connectivity index (χ3n) is 1.80. The molecule has 1 N–H and O–H groups in total. The van der Waals surface area contributed by atoms with Crippen LogP contribution in [0.5, 0.6) is 0 Å². The van der Waals surface area contributed by atoms with Crippen molar-refractivity contribution < 1.29 is 23.1 Å². The molecule has 0 fully saturated rings. The van der Waals surface area contributed by atoms with E-state index in [2.05, 4.69) is 4.98 Å². The quantitative estimate of drug-likeness (QED) is 0.866. The van der Waals surface area contributed by atoms with E-state index in [1.165, 1.54) is 19.2 Å². The lowest BCUT2D eigenvalue weighted by Crippen LogP contribution is -2.31. The standard InChI is InChI=1S/C9H9F3N2O2/c1-14(5-9(10,11)12)7-3-2-6(4-13-7)8(15)16/h2-4H,5H2,1H3,(H,15,16). The first kappa shape index (κ1) is 12.3. The van der Waals surface area contributed by atoms with Crippen molar-refractivity contribution in [2.24, 2.45) is 0 Å². The van der Waals surface area contributed by atoms with Gasteiger partial charge < -0.3 is 10.0 Å². The average Bonchev–Trinajstić information content (AvgIpc) is 2.15. The van der Waals surface area contributed by atoms with Crippen LogP contribution in [0, 0.1) is 0 Å². The van der Waals surface area contributed by atoms with E-state index in [0.29, 0.717) is 0 Å². The molecule has 0 aliphatic rings. The van der Waals surface area contributed by atoms with Gasteiger partial charge in [0, 0.05) is 13.2 Å². The number of pyridine rings is 1.